The van der Waals surface area contributed by atoms with Gasteiger partial charge in [-0.3, -0.25) is 19.3 Å². The van der Waals surface area contributed by atoms with Crippen LogP contribution in [0.15, 0.2) is 60.7 Å². The van der Waals surface area contributed by atoms with Gasteiger partial charge < -0.3 is 15.5 Å². The third-order valence-corrected chi connectivity index (χ3v) is 11.8. The van der Waals surface area contributed by atoms with E-state index in [0.717, 1.165) is 54.5 Å². The maximum absolute atomic E-state index is 13.5. The number of carbonyl (C=O) groups is 3. The Hall–Kier alpha value is -3.81. The maximum Gasteiger partial charge on any atom is 0.255 e. The lowest BCUT2D eigenvalue weighted by Crippen LogP contribution is -2.61. The molecule has 45 heavy (non-hydrogen) atoms. The fourth-order valence-electron chi connectivity index (χ4n) is 9.59. The number of piperidine rings is 1. The third kappa shape index (κ3) is 4.50. The summed E-state index contributed by atoms with van der Waals surface area (Å²) in [5.74, 6) is 0.900. The van der Waals surface area contributed by atoms with E-state index in [-0.39, 0.29) is 41.4 Å². The number of hydrogen-bond acceptors (Lipinski definition) is 6. The summed E-state index contributed by atoms with van der Waals surface area (Å²) in [7, 11) is 0. The number of Topliss-reactive ketones (excluding diaryl/α,β-unsaturated/α-hetero) is 1. The molecule has 1 saturated heterocycles. The number of phenols is 1. The molecule has 0 radical (unpaired) electrons. The molecule has 8 rings (SSSR count). The minimum Gasteiger partial charge on any atom is -0.507 e. The summed E-state index contributed by atoms with van der Waals surface area (Å²) < 4.78 is 0. The smallest absolute Gasteiger partial charge is 0.255 e. The summed E-state index contributed by atoms with van der Waals surface area (Å²) in [5, 5.41) is 27.5. The molecule has 7 nitrogen and oxygen atoms in total. The number of aldehydes is 1. The fourth-order valence-corrected chi connectivity index (χ4v) is 9.59. The Morgan fingerprint density at radius 2 is 1.76 bits per heavy atom. The van der Waals surface area contributed by atoms with Gasteiger partial charge in [-0.15, -0.1) is 0 Å². The van der Waals surface area contributed by atoms with E-state index in [1.165, 1.54) is 12.8 Å². The Bertz CT molecular complexity index is 1680. The normalized spacial score (nSPS) is 30.0. The van der Waals surface area contributed by atoms with Crippen molar-refractivity contribution in [1.82, 2.24) is 10.2 Å². The standard InChI is InChI=1S/C38H40N2O5/c41-22-25-5-9-27(10-6-25)26-7-3-23(4-8-26)14-16-39-36(44)31-12-11-28-17-29-21-40(20-24-1-2-24)33-18-32(29)37(34(28)35(31)43)19-30(42)13-15-38(33,37)45/h3-12,22,24,29,32-33,43,45H,1-2,13-21H2,(H,39,44). The third-order valence-electron chi connectivity index (χ3n) is 11.8. The van der Waals surface area contributed by atoms with Crippen LogP contribution >= 0.6 is 0 Å². The van der Waals surface area contributed by atoms with Gasteiger partial charge in [-0.2, -0.15) is 0 Å². The highest BCUT2D eigenvalue weighted by atomic mass is 16.3. The van der Waals surface area contributed by atoms with Gasteiger partial charge in [-0.1, -0.05) is 54.6 Å². The topological polar surface area (TPSA) is 107 Å². The average Bonchev–Trinajstić information content (AvgIpc) is 3.83. The van der Waals surface area contributed by atoms with Crippen LogP contribution in [0.2, 0.25) is 0 Å². The van der Waals surface area contributed by atoms with Crippen molar-refractivity contribution in [2.24, 2.45) is 17.8 Å². The zero-order valence-corrected chi connectivity index (χ0v) is 25.5. The lowest BCUT2D eigenvalue weighted by atomic mass is 9.51. The van der Waals surface area contributed by atoms with Crippen molar-refractivity contribution < 1.29 is 24.6 Å². The number of benzene rings is 3. The van der Waals surface area contributed by atoms with E-state index in [9.17, 15) is 24.6 Å². The molecular formula is C38H40N2O5. The summed E-state index contributed by atoms with van der Waals surface area (Å²) in [6, 6.07) is 19.3. The van der Waals surface area contributed by atoms with Crippen LogP contribution in [0.4, 0.5) is 0 Å². The van der Waals surface area contributed by atoms with Gasteiger partial charge in [-0.25, -0.2) is 0 Å². The predicted octanol–water partition coefficient (Wildman–Crippen LogP) is 4.85. The van der Waals surface area contributed by atoms with E-state index >= 15 is 0 Å². The number of nitrogens with zero attached hydrogens (tertiary/aromatic N) is 1. The first-order valence-electron chi connectivity index (χ1n) is 16.6. The Balaban J connectivity index is 1.03. The highest BCUT2D eigenvalue weighted by Crippen LogP contribution is 2.68. The molecule has 3 aromatic rings. The first-order chi connectivity index (χ1) is 21.8. The number of rotatable bonds is 8. The number of likely N-dealkylation sites (tertiary alicyclic amines) is 1. The summed E-state index contributed by atoms with van der Waals surface area (Å²) in [6.45, 7) is 2.34. The lowest BCUT2D eigenvalue weighted by Gasteiger charge is -2.53. The van der Waals surface area contributed by atoms with Crippen LogP contribution in [0.1, 0.15) is 75.9 Å². The average molecular weight is 605 g/mol. The molecule has 3 saturated carbocycles. The Labute approximate surface area is 263 Å². The molecule has 1 amide bonds. The quantitative estimate of drug-likeness (QED) is 0.318. The van der Waals surface area contributed by atoms with E-state index in [0.29, 0.717) is 48.8 Å². The van der Waals surface area contributed by atoms with Crippen LogP contribution < -0.4 is 5.32 Å². The molecule has 3 N–H and O–H groups in total. The van der Waals surface area contributed by atoms with E-state index in [1.807, 2.05) is 42.5 Å². The van der Waals surface area contributed by atoms with Crippen LogP contribution in [-0.2, 0) is 23.1 Å². The molecule has 232 valence electrons. The molecule has 2 bridgehead atoms. The molecule has 1 aliphatic heterocycles. The van der Waals surface area contributed by atoms with Crippen molar-refractivity contribution in [3.8, 4) is 16.9 Å². The number of phenolic OH excluding ortho intramolecular Hbond substituents is 1. The number of aromatic hydroxyl groups is 1. The summed E-state index contributed by atoms with van der Waals surface area (Å²) >= 11 is 0. The molecule has 5 aliphatic rings. The van der Waals surface area contributed by atoms with Crippen molar-refractivity contribution in [3.05, 3.63) is 88.5 Å². The summed E-state index contributed by atoms with van der Waals surface area (Å²) in [5.41, 5.74) is 3.71. The van der Waals surface area contributed by atoms with E-state index in [4.69, 9.17) is 0 Å². The van der Waals surface area contributed by atoms with Gasteiger partial charge in [0.2, 0.25) is 0 Å². The number of amides is 1. The minimum atomic E-state index is -1.10. The van der Waals surface area contributed by atoms with Gasteiger partial charge in [0, 0.05) is 55.1 Å². The highest BCUT2D eigenvalue weighted by molar-refractivity contribution is 5.98. The monoisotopic (exact) mass is 604 g/mol. The van der Waals surface area contributed by atoms with Crippen LogP contribution in [0.5, 0.6) is 5.75 Å². The first kappa shape index (κ1) is 28.6. The summed E-state index contributed by atoms with van der Waals surface area (Å²) in [6.07, 6.45) is 6.63. The van der Waals surface area contributed by atoms with Gasteiger partial charge in [0.25, 0.3) is 5.91 Å². The maximum atomic E-state index is 13.5. The van der Waals surface area contributed by atoms with Gasteiger partial charge in [0.1, 0.15) is 17.8 Å². The second-order valence-electron chi connectivity index (χ2n) is 14.3. The Morgan fingerprint density at radius 3 is 2.47 bits per heavy atom. The fraction of sp³-hybridized carbons (Fsp3) is 0.447. The zero-order valence-electron chi connectivity index (χ0n) is 25.5. The van der Waals surface area contributed by atoms with Crippen molar-refractivity contribution in [1.29, 1.82) is 0 Å². The molecule has 4 fully saturated rings. The van der Waals surface area contributed by atoms with Crippen LogP contribution in [0.3, 0.4) is 0 Å². The van der Waals surface area contributed by atoms with E-state index in [2.05, 4.69) is 10.2 Å². The minimum absolute atomic E-state index is 0.0163. The van der Waals surface area contributed by atoms with Crippen molar-refractivity contribution in [2.75, 3.05) is 19.6 Å². The predicted molar refractivity (Wildman–Crippen MR) is 170 cm³/mol. The zero-order chi connectivity index (χ0) is 30.9. The second-order valence-corrected chi connectivity index (χ2v) is 14.3. The number of aliphatic hydroxyl groups is 1. The number of ketones is 1. The lowest BCUT2D eigenvalue weighted by molar-refractivity contribution is -0.138. The number of carbonyl (C=O) groups excluding carboxylic acids is 3. The molecule has 0 aromatic heterocycles. The molecule has 1 heterocycles. The Morgan fingerprint density at radius 1 is 1.02 bits per heavy atom. The van der Waals surface area contributed by atoms with Crippen molar-refractivity contribution in [3.63, 3.8) is 0 Å². The number of fused-ring (bicyclic) bond motifs is 3. The largest absolute Gasteiger partial charge is 0.507 e. The molecule has 3 aromatic carbocycles. The van der Waals surface area contributed by atoms with Crippen LogP contribution in [0.25, 0.3) is 11.1 Å². The van der Waals surface area contributed by atoms with Gasteiger partial charge in [0.05, 0.1) is 11.2 Å². The van der Waals surface area contributed by atoms with E-state index in [1.54, 1.807) is 18.2 Å². The van der Waals surface area contributed by atoms with Crippen LogP contribution in [-0.4, -0.2) is 64.4 Å². The van der Waals surface area contributed by atoms with Crippen molar-refractivity contribution in [2.45, 2.75) is 68.4 Å². The molecule has 7 heteroatoms. The molecular weight excluding hydrogens is 564 g/mol. The van der Waals surface area contributed by atoms with E-state index < -0.39 is 11.0 Å². The second kappa shape index (κ2) is 10.6. The number of hydrogen-bond donors (Lipinski definition) is 3. The molecule has 5 unspecified atom stereocenters. The summed E-state index contributed by atoms with van der Waals surface area (Å²) in [4.78, 5) is 40.1. The highest BCUT2D eigenvalue weighted by Gasteiger charge is 2.73. The number of nitrogens with one attached hydrogen (secondary N) is 1. The first-order valence-corrected chi connectivity index (χ1v) is 16.6. The van der Waals surface area contributed by atoms with Gasteiger partial charge >= 0.3 is 0 Å². The van der Waals surface area contributed by atoms with Gasteiger partial charge in [-0.05, 0) is 84.6 Å². The van der Waals surface area contributed by atoms with Crippen molar-refractivity contribution >= 4 is 18.0 Å². The Kier molecular flexibility index (Phi) is 6.77. The SMILES string of the molecule is O=Cc1ccc(-c2ccc(CCNC(=O)c3ccc4c(c3O)C35CC(=O)CCC3(O)C3CC5C(C4)CN3CC3CC3)cc2)cc1. The molecule has 4 aliphatic carbocycles. The molecule has 5 atom stereocenters. The van der Waals surface area contributed by atoms with Crippen LogP contribution in [0, 0.1) is 17.8 Å². The molecule has 1 spiro atoms. The van der Waals surface area contributed by atoms with Gasteiger partial charge in [0.15, 0.2) is 0 Å².